The van der Waals surface area contributed by atoms with Crippen molar-refractivity contribution in [1.82, 2.24) is 5.32 Å². The molecule has 0 bridgehead atoms. The van der Waals surface area contributed by atoms with Gasteiger partial charge in [0.1, 0.15) is 11.5 Å². The van der Waals surface area contributed by atoms with Crippen molar-refractivity contribution in [2.75, 3.05) is 6.54 Å². The van der Waals surface area contributed by atoms with E-state index in [1.54, 1.807) is 0 Å². The molecular formula is C15H18ClNO. The van der Waals surface area contributed by atoms with E-state index in [1.165, 1.54) is 5.56 Å². The van der Waals surface area contributed by atoms with Crippen LogP contribution in [-0.4, -0.2) is 6.54 Å². The average molecular weight is 264 g/mol. The van der Waals surface area contributed by atoms with E-state index in [0.29, 0.717) is 0 Å². The molecule has 3 heteroatoms. The molecule has 1 heterocycles. The molecule has 1 unspecified atom stereocenters. The summed E-state index contributed by atoms with van der Waals surface area (Å²) in [7, 11) is 0. The van der Waals surface area contributed by atoms with Gasteiger partial charge in [-0.3, -0.25) is 0 Å². The summed E-state index contributed by atoms with van der Waals surface area (Å²) in [4.78, 5) is 0. The maximum Gasteiger partial charge on any atom is 0.125 e. The number of hydrogen-bond acceptors (Lipinski definition) is 2. The van der Waals surface area contributed by atoms with Crippen LogP contribution in [0.2, 0.25) is 5.02 Å². The first-order valence-electron chi connectivity index (χ1n) is 6.17. The lowest BCUT2D eigenvalue weighted by Crippen LogP contribution is -2.21. The SMILES string of the molecule is CCNC(c1ccc(Cl)c(C)c1)c1ccc(C)o1. The van der Waals surface area contributed by atoms with Gasteiger partial charge in [-0.15, -0.1) is 0 Å². The molecule has 1 N–H and O–H groups in total. The first-order chi connectivity index (χ1) is 8.61. The monoisotopic (exact) mass is 263 g/mol. The summed E-state index contributed by atoms with van der Waals surface area (Å²) in [5.74, 6) is 1.87. The molecule has 0 aliphatic rings. The highest BCUT2D eigenvalue weighted by Crippen LogP contribution is 2.27. The Kier molecular flexibility index (Phi) is 4.10. The van der Waals surface area contributed by atoms with E-state index in [1.807, 2.05) is 38.1 Å². The fourth-order valence-corrected chi connectivity index (χ4v) is 2.16. The highest BCUT2D eigenvalue weighted by molar-refractivity contribution is 6.31. The highest BCUT2D eigenvalue weighted by Gasteiger charge is 2.16. The number of nitrogens with one attached hydrogen (secondary N) is 1. The van der Waals surface area contributed by atoms with Gasteiger partial charge < -0.3 is 9.73 Å². The van der Waals surface area contributed by atoms with Gasteiger partial charge >= 0.3 is 0 Å². The van der Waals surface area contributed by atoms with Gasteiger partial charge in [0.25, 0.3) is 0 Å². The van der Waals surface area contributed by atoms with Gasteiger partial charge in [0.2, 0.25) is 0 Å². The number of rotatable bonds is 4. The van der Waals surface area contributed by atoms with Crippen molar-refractivity contribution in [3.63, 3.8) is 0 Å². The summed E-state index contributed by atoms with van der Waals surface area (Å²) in [5.41, 5.74) is 2.26. The highest BCUT2D eigenvalue weighted by atomic mass is 35.5. The van der Waals surface area contributed by atoms with Crippen LogP contribution in [0.1, 0.15) is 35.6 Å². The largest absolute Gasteiger partial charge is 0.464 e. The van der Waals surface area contributed by atoms with Crippen molar-refractivity contribution < 1.29 is 4.42 Å². The van der Waals surface area contributed by atoms with Crippen LogP contribution in [-0.2, 0) is 0 Å². The van der Waals surface area contributed by atoms with Gasteiger partial charge in [-0.05, 0) is 49.7 Å². The van der Waals surface area contributed by atoms with E-state index in [2.05, 4.69) is 18.3 Å². The molecule has 0 aliphatic heterocycles. The summed E-state index contributed by atoms with van der Waals surface area (Å²) in [6.07, 6.45) is 0. The maximum absolute atomic E-state index is 6.07. The summed E-state index contributed by atoms with van der Waals surface area (Å²) < 4.78 is 5.73. The summed E-state index contributed by atoms with van der Waals surface area (Å²) in [6, 6.07) is 10.2. The lowest BCUT2D eigenvalue weighted by Gasteiger charge is -2.17. The second-order valence-electron chi connectivity index (χ2n) is 4.45. The zero-order valence-corrected chi connectivity index (χ0v) is 11.7. The smallest absolute Gasteiger partial charge is 0.125 e. The van der Waals surface area contributed by atoms with Crippen LogP contribution < -0.4 is 5.32 Å². The average Bonchev–Trinajstić information content (AvgIpc) is 2.76. The van der Waals surface area contributed by atoms with Gasteiger partial charge in [0.05, 0.1) is 6.04 Å². The van der Waals surface area contributed by atoms with Crippen molar-refractivity contribution in [3.8, 4) is 0 Å². The molecule has 0 amide bonds. The first-order valence-corrected chi connectivity index (χ1v) is 6.55. The maximum atomic E-state index is 6.07. The van der Waals surface area contributed by atoms with E-state index in [0.717, 1.165) is 28.7 Å². The molecule has 0 saturated heterocycles. The Bertz CT molecular complexity index is 533. The summed E-state index contributed by atoms with van der Waals surface area (Å²) >= 11 is 6.07. The van der Waals surface area contributed by atoms with Crippen LogP contribution in [0.25, 0.3) is 0 Å². The first kappa shape index (κ1) is 13.2. The number of halogens is 1. The second kappa shape index (κ2) is 5.59. The number of benzene rings is 1. The van der Waals surface area contributed by atoms with Gasteiger partial charge in [0.15, 0.2) is 0 Å². The second-order valence-corrected chi connectivity index (χ2v) is 4.85. The normalized spacial score (nSPS) is 12.7. The minimum atomic E-state index is 0.0830. The lowest BCUT2D eigenvalue weighted by atomic mass is 10.0. The molecule has 1 aromatic carbocycles. The van der Waals surface area contributed by atoms with Crippen molar-refractivity contribution >= 4 is 11.6 Å². The zero-order chi connectivity index (χ0) is 13.1. The van der Waals surface area contributed by atoms with Crippen LogP contribution in [0.15, 0.2) is 34.7 Å². The Morgan fingerprint density at radius 3 is 2.56 bits per heavy atom. The van der Waals surface area contributed by atoms with Crippen LogP contribution in [0.5, 0.6) is 0 Å². The molecule has 0 fully saturated rings. The fraction of sp³-hybridized carbons (Fsp3) is 0.333. The quantitative estimate of drug-likeness (QED) is 0.892. The standard InChI is InChI=1S/C15H18ClNO/c1-4-17-15(14-8-5-11(3)18-14)12-6-7-13(16)10(2)9-12/h5-9,15,17H,4H2,1-3H3. The summed E-state index contributed by atoms with van der Waals surface area (Å²) in [6.45, 7) is 6.94. The molecule has 2 nitrogen and oxygen atoms in total. The van der Waals surface area contributed by atoms with E-state index in [4.69, 9.17) is 16.0 Å². The minimum Gasteiger partial charge on any atom is -0.464 e. The predicted octanol–water partition coefficient (Wildman–Crippen LogP) is 4.25. The van der Waals surface area contributed by atoms with E-state index in [-0.39, 0.29) is 6.04 Å². The van der Waals surface area contributed by atoms with Crippen LogP contribution in [0.4, 0.5) is 0 Å². The third-order valence-corrected chi connectivity index (χ3v) is 3.39. The van der Waals surface area contributed by atoms with Crippen molar-refractivity contribution in [3.05, 3.63) is 58.0 Å². The number of aryl methyl sites for hydroxylation is 2. The van der Waals surface area contributed by atoms with Crippen molar-refractivity contribution in [2.24, 2.45) is 0 Å². The lowest BCUT2D eigenvalue weighted by molar-refractivity contribution is 0.435. The van der Waals surface area contributed by atoms with E-state index in [9.17, 15) is 0 Å². The molecule has 18 heavy (non-hydrogen) atoms. The van der Waals surface area contributed by atoms with Gasteiger partial charge in [-0.2, -0.15) is 0 Å². The van der Waals surface area contributed by atoms with Crippen LogP contribution in [0, 0.1) is 13.8 Å². The Labute approximate surface area is 113 Å². The fourth-order valence-electron chi connectivity index (χ4n) is 2.04. The van der Waals surface area contributed by atoms with E-state index < -0.39 is 0 Å². The number of furan rings is 1. The third-order valence-electron chi connectivity index (χ3n) is 2.97. The minimum absolute atomic E-state index is 0.0830. The molecule has 1 atom stereocenters. The molecule has 0 saturated carbocycles. The van der Waals surface area contributed by atoms with Crippen molar-refractivity contribution in [2.45, 2.75) is 26.8 Å². The summed E-state index contributed by atoms with van der Waals surface area (Å²) in [5, 5.41) is 4.23. The van der Waals surface area contributed by atoms with Gasteiger partial charge in [0, 0.05) is 5.02 Å². The van der Waals surface area contributed by atoms with Gasteiger partial charge in [-0.1, -0.05) is 30.7 Å². The molecule has 96 valence electrons. The topological polar surface area (TPSA) is 25.2 Å². The molecule has 0 spiro atoms. The number of hydrogen-bond donors (Lipinski definition) is 1. The Balaban J connectivity index is 2.37. The molecule has 2 rings (SSSR count). The van der Waals surface area contributed by atoms with Crippen LogP contribution >= 0.6 is 11.6 Å². The Hall–Kier alpha value is -1.25. The predicted molar refractivity (Wildman–Crippen MR) is 75.2 cm³/mol. The van der Waals surface area contributed by atoms with Crippen molar-refractivity contribution in [1.29, 1.82) is 0 Å². The Morgan fingerprint density at radius 2 is 2.00 bits per heavy atom. The van der Waals surface area contributed by atoms with Crippen LogP contribution in [0.3, 0.4) is 0 Å². The molecule has 2 aromatic rings. The van der Waals surface area contributed by atoms with E-state index >= 15 is 0 Å². The third kappa shape index (κ3) is 2.77. The molecule has 0 aliphatic carbocycles. The molecule has 0 radical (unpaired) electrons. The van der Waals surface area contributed by atoms with Gasteiger partial charge in [-0.25, -0.2) is 0 Å². The Morgan fingerprint density at radius 1 is 1.22 bits per heavy atom. The zero-order valence-electron chi connectivity index (χ0n) is 11.0. The molecule has 1 aromatic heterocycles. The molecular weight excluding hydrogens is 246 g/mol.